The number of hydrogen-bond donors (Lipinski definition) is 1. The van der Waals surface area contributed by atoms with E-state index in [1.165, 1.54) is 5.56 Å². The molecular formula is C23H23N5O3. The Bertz CT molecular complexity index is 1280. The topological polar surface area (TPSA) is 82.8 Å². The van der Waals surface area contributed by atoms with Gasteiger partial charge in [0.15, 0.2) is 17.1 Å². The van der Waals surface area contributed by atoms with E-state index in [1.807, 2.05) is 41.8 Å². The van der Waals surface area contributed by atoms with Crippen LogP contribution in [0.5, 0.6) is 11.5 Å². The number of aryl methyl sites for hydroxylation is 1. The number of anilines is 1. The molecule has 0 aliphatic carbocycles. The maximum Gasteiger partial charge on any atom is 0.231 e. The minimum Gasteiger partial charge on any atom is -0.454 e. The van der Waals surface area contributed by atoms with Crippen molar-refractivity contribution in [2.45, 2.75) is 25.2 Å². The quantitative estimate of drug-likeness (QED) is 0.544. The average Bonchev–Trinajstić information content (AvgIpc) is 3.44. The standard InChI is InChI=1S/C23H23N5O3/c1-15-25-21-17-4-2-3-5-18(17)26-22(28(21)27-15)24-13-23(8-10-29-11-9-23)16-6-7-19-20(12-16)31-14-30-19/h2-7,12H,8-11,13-14H2,1H3,(H,24,26). The Kier molecular flexibility index (Phi) is 4.21. The Labute approximate surface area is 179 Å². The van der Waals surface area contributed by atoms with Crippen LogP contribution < -0.4 is 14.8 Å². The lowest BCUT2D eigenvalue weighted by Gasteiger charge is -2.38. The first-order valence-electron chi connectivity index (χ1n) is 10.6. The van der Waals surface area contributed by atoms with Gasteiger partial charge in [-0.3, -0.25) is 0 Å². The molecule has 158 valence electrons. The van der Waals surface area contributed by atoms with Crippen LogP contribution in [0.2, 0.25) is 0 Å². The molecule has 0 spiro atoms. The Balaban J connectivity index is 1.39. The Morgan fingerprint density at radius 1 is 1.03 bits per heavy atom. The fraction of sp³-hybridized carbons (Fsp3) is 0.348. The lowest BCUT2D eigenvalue weighted by Crippen LogP contribution is -2.40. The summed E-state index contributed by atoms with van der Waals surface area (Å²) >= 11 is 0. The number of para-hydroxylation sites is 1. The summed E-state index contributed by atoms with van der Waals surface area (Å²) in [6.45, 7) is 4.32. The molecule has 6 rings (SSSR count). The van der Waals surface area contributed by atoms with Gasteiger partial charge in [0.2, 0.25) is 12.7 Å². The van der Waals surface area contributed by atoms with E-state index in [4.69, 9.17) is 19.2 Å². The summed E-state index contributed by atoms with van der Waals surface area (Å²) in [5, 5.41) is 9.17. The van der Waals surface area contributed by atoms with Crippen LogP contribution in [-0.4, -0.2) is 46.1 Å². The SMILES string of the molecule is Cc1nc2c3ccccc3nc(NCC3(c4ccc5c(c4)OCO5)CCOCC3)n2n1. The number of hydrogen-bond acceptors (Lipinski definition) is 7. The predicted octanol–water partition coefficient (Wildman–Crippen LogP) is 3.47. The van der Waals surface area contributed by atoms with Crippen molar-refractivity contribution >= 4 is 22.5 Å². The van der Waals surface area contributed by atoms with Gasteiger partial charge in [0.25, 0.3) is 0 Å². The zero-order valence-corrected chi connectivity index (χ0v) is 17.3. The minimum absolute atomic E-state index is 0.103. The van der Waals surface area contributed by atoms with Crippen molar-refractivity contribution in [3.63, 3.8) is 0 Å². The zero-order chi connectivity index (χ0) is 20.8. The predicted molar refractivity (Wildman–Crippen MR) is 116 cm³/mol. The molecular weight excluding hydrogens is 394 g/mol. The molecule has 0 bridgehead atoms. The highest BCUT2D eigenvalue weighted by Crippen LogP contribution is 2.41. The molecule has 0 saturated carbocycles. The number of nitrogens with one attached hydrogen (secondary N) is 1. The van der Waals surface area contributed by atoms with Gasteiger partial charge in [-0.2, -0.15) is 4.52 Å². The number of fused-ring (bicyclic) bond motifs is 4. The molecule has 2 aromatic carbocycles. The third-order valence-corrected chi connectivity index (χ3v) is 6.30. The zero-order valence-electron chi connectivity index (χ0n) is 17.3. The normalized spacial score (nSPS) is 17.3. The van der Waals surface area contributed by atoms with E-state index >= 15 is 0 Å². The molecule has 1 N–H and O–H groups in total. The molecule has 0 unspecified atom stereocenters. The van der Waals surface area contributed by atoms with Crippen molar-refractivity contribution in [2.75, 3.05) is 31.9 Å². The molecule has 2 aromatic heterocycles. The van der Waals surface area contributed by atoms with E-state index in [0.29, 0.717) is 12.5 Å². The molecule has 1 saturated heterocycles. The smallest absolute Gasteiger partial charge is 0.231 e. The van der Waals surface area contributed by atoms with Crippen LogP contribution in [0.4, 0.5) is 5.95 Å². The maximum absolute atomic E-state index is 5.70. The summed E-state index contributed by atoms with van der Waals surface area (Å²) in [4.78, 5) is 9.49. The van der Waals surface area contributed by atoms with E-state index in [2.05, 4.69) is 27.5 Å². The number of nitrogens with zero attached hydrogens (tertiary/aromatic N) is 4. The Hall–Kier alpha value is -3.39. The lowest BCUT2D eigenvalue weighted by molar-refractivity contribution is 0.0542. The van der Waals surface area contributed by atoms with E-state index in [9.17, 15) is 0 Å². The highest BCUT2D eigenvalue weighted by Gasteiger charge is 2.36. The molecule has 0 amide bonds. The minimum atomic E-state index is -0.103. The molecule has 4 heterocycles. The molecule has 8 heteroatoms. The first kappa shape index (κ1) is 18.4. The van der Waals surface area contributed by atoms with Crippen LogP contribution in [0.1, 0.15) is 24.2 Å². The van der Waals surface area contributed by atoms with Crippen molar-refractivity contribution in [1.29, 1.82) is 0 Å². The van der Waals surface area contributed by atoms with Gasteiger partial charge in [-0.25, -0.2) is 9.97 Å². The summed E-state index contributed by atoms with van der Waals surface area (Å²) in [5.41, 5.74) is 2.83. The van der Waals surface area contributed by atoms with Gasteiger partial charge in [-0.15, -0.1) is 5.10 Å². The Morgan fingerprint density at radius 2 is 1.87 bits per heavy atom. The number of rotatable bonds is 4. The molecule has 31 heavy (non-hydrogen) atoms. The third kappa shape index (κ3) is 3.06. The van der Waals surface area contributed by atoms with Gasteiger partial charge in [-0.1, -0.05) is 18.2 Å². The lowest BCUT2D eigenvalue weighted by atomic mass is 9.74. The van der Waals surface area contributed by atoms with Crippen LogP contribution in [-0.2, 0) is 10.2 Å². The largest absolute Gasteiger partial charge is 0.454 e. The molecule has 8 nitrogen and oxygen atoms in total. The van der Waals surface area contributed by atoms with Crippen molar-refractivity contribution in [2.24, 2.45) is 0 Å². The van der Waals surface area contributed by atoms with Crippen LogP contribution in [0.15, 0.2) is 42.5 Å². The van der Waals surface area contributed by atoms with Crippen molar-refractivity contribution in [1.82, 2.24) is 19.6 Å². The highest BCUT2D eigenvalue weighted by molar-refractivity contribution is 5.92. The van der Waals surface area contributed by atoms with Crippen molar-refractivity contribution < 1.29 is 14.2 Å². The van der Waals surface area contributed by atoms with Crippen molar-refractivity contribution in [3.8, 4) is 11.5 Å². The number of aromatic nitrogens is 4. The second-order valence-corrected chi connectivity index (χ2v) is 8.16. The second kappa shape index (κ2) is 7.09. The van der Waals surface area contributed by atoms with E-state index in [-0.39, 0.29) is 12.2 Å². The first-order chi connectivity index (χ1) is 15.2. The molecule has 2 aliphatic heterocycles. The Morgan fingerprint density at radius 3 is 2.77 bits per heavy atom. The number of benzene rings is 2. The maximum atomic E-state index is 5.70. The summed E-state index contributed by atoms with van der Waals surface area (Å²) in [5.74, 6) is 3.02. The van der Waals surface area contributed by atoms with E-state index < -0.39 is 0 Å². The molecule has 4 aromatic rings. The summed E-state index contributed by atoms with van der Waals surface area (Å²) in [6, 6.07) is 14.3. The number of ether oxygens (including phenoxy) is 3. The second-order valence-electron chi connectivity index (χ2n) is 8.16. The third-order valence-electron chi connectivity index (χ3n) is 6.30. The average molecular weight is 417 g/mol. The molecule has 2 aliphatic rings. The fourth-order valence-corrected chi connectivity index (χ4v) is 4.58. The summed E-state index contributed by atoms with van der Waals surface area (Å²) < 4.78 is 18.6. The van der Waals surface area contributed by atoms with Gasteiger partial charge in [0.05, 0.1) is 5.52 Å². The van der Waals surface area contributed by atoms with Gasteiger partial charge >= 0.3 is 0 Å². The molecule has 0 radical (unpaired) electrons. The van der Waals surface area contributed by atoms with Crippen LogP contribution in [0, 0.1) is 6.92 Å². The van der Waals surface area contributed by atoms with Gasteiger partial charge in [0, 0.05) is 30.6 Å². The highest BCUT2D eigenvalue weighted by atomic mass is 16.7. The van der Waals surface area contributed by atoms with Crippen LogP contribution >= 0.6 is 0 Å². The fourth-order valence-electron chi connectivity index (χ4n) is 4.58. The van der Waals surface area contributed by atoms with E-state index in [0.717, 1.165) is 59.9 Å². The first-order valence-corrected chi connectivity index (χ1v) is 10.6. The van der Waals surface area contributed by atoms with Gasteiger partial charge < -0.3 is 19.5 Å². The van der Waals surface area contributed by atoms with E-state index in [1.54, 1.807) is 0 Å². The summed E-state index contributed by atoms with van der Waals surface area (Å²) in [6.07, 6.45) is 1.82. The van der Waals surface area contributed by atoms with Crippen LogP contribution in [0.3, 0.4) is 0 Å². The monoisotopic (exact) mass is 417 g/mol. The molecule has 0 atom stereocenters. The van der Waals surface area contributed by atoms with Crippen molar-refractivity contribution in [3.05, 3.63) is 53.9 Å². The van der Waals surface area contributed by atoms with Gasteiger partial charge in [0.1, 0.15) is 5.82 Å². The summed E-state index contributed by atoms with van der Waals surface area (Å²) in [7, 11) is 0. The molecule has 1 fully saturated rings. The van der Waals surface area contributed by atoms with Gasteiger partial charge in [-0.05, 0) is 49.6 Å². The van der Waals surface area contributed by atoms with Crippen LogP contribution in [0.25, 0.3) is 16.6 Å².